The van der Waals surface area contributed by atoms with Gasteiger partial charge in [0.2, 0.25) is 0 Å². The number of hydrogen-bond acceptors (Lipinski definition) is 2. The maximum Gasteiger partial charge on any atom is 0.193 e. The lowest BCUT2D eigenvalue weighted by Gasteiger charge is -2.31. The van der Waals surface area contributed by atoms with Gasteiger partial charge in [-0.05, 0) is 0 Å². The zero-order chi connectivity index (χ0) is 10.3. The third-order valence-corrected chi connectivity index (χ3v) is 1.73. The van der Waals surface area contributed by atoms with Crippen LogP contribution in [0.25, 0.3) is 0 Å². The summed E-state index contributed by atoms with van der Waals surface area (Å²) in [6.07, 6.45) is 0. The lowest BCUT2D eigenvalue weighted by molar-refractivity contribution is 0.0633. The van der Waals surface area contributed by atoms with Crippen LogP contribution in [0, 0.1) is 5.41 Å². The first-order valence-electron chi connectivity index (χ1n) is 4.80. The Morgan fingerprint density at radius 3 is 2.08 bits per heavy atom. The van der Waals surface area contributed by atoms with E-state index < -0.39 is 0 Å². The SMILES string of the molecule is CC.CN(C)C(=N)N1CCOCC1. The number of hydrogen-bond donors (Lipinski definition) is 1. The van der Waals surface area contributed by atoms with Crippen LogP contribution in [0.3, 0.4) is 0 Å². The van der Waals surface area contributed by atoms with Crippen molar-refractivity contribution in [2.75, 3.05) is 40.4 Å². The second-order valence-electron chi connectivity index (χ2n) is 2.82. The van der Waals surface area contributed by atoms with Crippen molar-refractivity contribution in [3.05, 3.63) is 0 Å². The molecule has 1 fully saturated rings. The number of nitrogens with one attached hydrogen (secondary N) is 1. The Morgan fingerprint density at radius 1 is 1.23 bits per heavy atom. The number of ether oxygens (including phenoxy) is 1. The average molecular weight is 187 g/mol. The highest BCUT2D eigenvalue weighted by Crippen LogP contribution is 1.98. The molecular formula is C9H21N3O. The standard InChI is InChI=1S/C7H15N3O.C2H6/c1-9(2)7(8)10-3-5-11-6-4-10;1-2/h8H,3-6H2,1-2H3;1-2H3. The molecule has 1 saturated heterocycles. The second-order valence-corrected chi connectivity index (χ2v) is 2.82. The van der Waals surface area contributed by atoms with Crippen LogP contribution in [0.5, 0.6) is 0 Å². The summed E-state index contributed by atoms with van der Waals surface area (Å²) in [6.45, 7) is 7.18. The fraction of sp³-hybridized carbons (Fsp3) is 0.889. The third-order valence-electron chi connectivity index (χ3n) is 1.73. The monoisotopic (exact) mass is 187 g/mol. The number of morpholine rings is 1. The Morgan fingerprint density at radius 2 is 1.69 bits per heavy atom. The predicted octanol–water partition coefficient (Wildman–Crippen LogP) is 0.841. The van der Waals surface area contributed by atoms with Crippen LogP contribution < -0.4 is 0 Å². The van der Waals surface area contributed by atoms with E-state index in [4.69, 9.17) is 10.1 Å². The molecule has 0 aliphatic carbocycles. The Bertz CT molecular complexity index is 142. The molecule has 0 saturated carbocycles. The Balaban J connectivity index is 0.000000671. The summed E-state index contributed by atoms with van der Waals surface area (Å²) < 4.78 is 5.17. The summed E-state index contributed by atoms with van der Waals surface area (Å²) in [5, 5.41) is 7.63. The molecule has 0 unspecified atom stereocenters. The molecule has 1 aliphatic rings. The van der Waals surface area contributed by atoms with Gasteiger partial charge in [-0.3, -0.25) is 5.41 Å². The van der Waals surface area contributed by atoms with Crippen molar-refractivity contribution in [1.82, 2.24) is 9.80 Å². The van der Waals surface area contributed by atoms with Crippen molar-refractivity contribution in [1.29, 1.82) is 5.41 Å². The molecule has 4 nitrogen and oxygen atoms in total. The van der Waals surface area contributed by atoms with Crippen molar-refractivity contribution in [3.63, 3.8) is 0 Å². The molecule has 0 aromatic heterocycles. The van der Waals surface area contributed by atoms with Crippen LogP contribution in [0.4, 0.5) is 0 Å². The van der Waals surface area contributed by atoms with E-state index >= 15 is 0 Å². The average Bonchev–Trinajstić information content (AvgIpc) is 2.21. The van der Waals surface area contributed by atoms with Gasteiger partial charge >= 0.3 is 0 Å². The zero-order valence-electron chi connectivity index (χ0n) is 9.13. The molecule has 1 N–H and O–H groups in total. The molecule has 1 aliphatic heterocycles. The van der Waals surface area contributed by atoms with Crippen LogP contribution in [0.15, 0.2) is 0 Å². The first-order valence-corrected chi connectivity index (χ1v) is 4.80. The largest absolute Gasteiger partial charge is 0.378 e. The van der Waals surface area contributed by atoms with Crippen molar-refractivity contribution in [3.8, 4) is 0 Å². The minimum Gasteiger partial charge on any atom is -0.378 e. The van der Waals surface area contributed by atoms with Crippen LogP contribution in [0.2, 0.25) is 0 Å². The first kappa shape index (κ1) is 12.2. The third kappa shape index (κ3) is 4.12. The van der Waals surface area contributed by atoms with E-state index in [1.165, 1.54) is 0 Å². The first-order chi connectivity index (χ1) is 6.22. The number of rotatable bonds is 0. The van der Waals surface area contributed by atoms with Crippen molar-refractivity contribution < 1.29 is 4.74 Å². The van der Waals surface area contributed by atoms with E-state index in [0.29, 0.717) is 5.96 Å². The van der Waals surface area contributed by atoms with Gasteiger partial charge in [-0.15, -0.1) is 0 Å². The predicted molar refractivity (Wildman–Crippen MR) is 55.2 cm³/mol. The molecule has 0 spiro atoms. The van der Waals surface area contributed by atoms with E-state index in [0.717, 1.165) is 26.3 Å². The Hall–Kier alpha value is -0.770. The van der Waals surface area contributed by atoms with Gasteiger partial charge in [0.25, 0.3) is 0 Å². The van der Waals surface area contributed by atoms with E-state index in [1.807, 2.05) is 37.7 Å². The highest BCUT2D eigenvalue weighted by atomic mass is 16.5. The highest BCUT2D eigenvalue weighted by Gasteiger charge is 2.14. The van der Waals surface area contributed by atoms with Crippen molar-refractivity contribution >= 4 is 5.96 Å². The van der Waals surface area contributed by atoms with Crippen LogP contribution in [-0.2, 0) is 4.74 Å². The van der Waals surface area contributed by atoms with Gasteiger partial charge in [0, 0.05) is 27.2 Å². The van der Waals surface area contributed by atoms with E-state index in [2.05, 4.69) is 0 Å². The number of guanidine groups is 1. The second kappa shape index (κ2) is 6.71. The van der Waals surface area contributed by atoms with Gasteiger partial charge < -0.3 is 14.5 Å². The van der Waals surface area contributed by atoms with Gasteiger partial charge in [0.05, 0.1) is 13.2 Å². The zero-order valence-corrected chi connectivity index (χ0v) is 9.13. The van der Waals surface area contributed by atoms with Gasteiger partial charge in [0.15, 0.2) is 5.96 Å². The molecule has 0 atom stereocenters. The quantitative estimate of drug-likeness (QED) is 0.451. The van der Waals surface area contributed by atoms with Gasteiger partial charge in [-0.25, -0.2) is 0 Å². The fourth-order valence-electron chi connectivity index (χ4n) is 1.06. The van der Waals surface area contributed by atoms with Crippen LogP contribution in [-0.4, -0.2) is 56.2 Å². The molecule has 0 radical (unpaired) electrons. The Kier molecular flexibility index (Phi) is 6.32. The van der Waals surface area contributed by atoms with Gasteiger partial charge in [-0.1, -0.05) is 13.8 Å². The summed E-state index contributed by atoms with van der Waals surface area (Å²) in [6, 6.07) is 0. The van der Waals surface area contributed by atoms with Crippen molar-refractivity contribution in [2.24, 2.45) is 0 Å². The molecular weight excluding hydrogens is 166 g/mol. The van der Waals surface area contributed by atoms with E-state index in [-0.39, 0.29) is 0 Å². The molecule has 4 heteroatoms. The molecule has 1 heterocycles. The molecule has 0 aromatic carbocycles. The summed E-state index contributed by atoms with van der Waals surface area (Å²) in [4.78, 5) is 3.83. The maximum atomic E-state index is 7.63. The molecule has 1 rings (SSSR count). The minimum atomic E-state index is 0.577. The summed E-state index contributed by atoms with van der Waals surface area (Å²) in [7, 11) is 3.77. The summed E-state index contributed by atoms with van der Waals surface area (Å²) >= 11 is 0. The smallest absolute Gasteiger partial charge is 0.193 e. The lowest BCUT2D eigenvalue weighted by atomic mass is 10.4. The molecule has 13 heavy (non-hydrogen) atoms. The lowest BCUT2D eigenvalue weighted by Crippen LogP contribution is -2.46. The fourth-order valence-corrected chi connectivity index (χ4v) is 1.06. The van der Waals surface area contributed by atoms with Crippen molar-refractivity contribution in [2.45, 2.75) is 13.8 Å². The van der Waals surface area contributed by atoms with Crippen LogP contribution in [0.1, 0.15) is 13.8 Å². The highest BCUT2D eigenvalue weighted by molar-refractivity contribution is 5.76. The summed E-state index contributed by atoms with van der Waals surface area (Å²) in [5.74, 6) is 0.577. The van der Waals surface area contributed by atoms with Gasteiger partial charge in [0.1, 0.15) is 0 Å². The Labute approximate surface area is 81.0 Å². The number of nitrogens with zero attached hydrogens (tertiary/aromatic N) is 2. The van der Waals surface area contributed by atoms with E-state index in [9.17, 15) is 0 Å². The molecule has 0 bridgehead atoms. The van der Waals surface area contributed by atoms with Crippen LogP contribution >= 0.6 is 0 Å². The topological polar surface area (TPSA) is 39.6 Å². The molecule has 0 aromatic rings. The summed E-state index contributed by atoms with van der Waals surface area (Å²) in [5.41, 5.74) is 0. The molecule has 78 valence electrons. The minimum absolute atomic E-state index is 0.577. The van der Waals surface area contributed by atoms with E-state index in [1.54, 1.807) is 0 Å². The maximum absolute atomic E-state index is 7.63. The normalized spacial score (nSPS) is 15.8. The molecule has 0 amide bonds. The van der Waals surface area contributed by atoms with Gasteiger partial charge in [-0.2, -0.15) is 0 Å².